The van der Waals surface area contributed by atoms with E-state index in [0.717, 1.165) is 29.0 Å². The molecule has 1 aromatic rings. The van der Waals surface area contributed by atoms with Gasteiger partial charge in [-0.15, -0.1) is 0 Å². The van der Waals surface area contributed by atoms with E-state index < -0.39 is 0 Å². The first-order chi connectivity index (χ1) is 8.26. The molecule has 0 saturated heterocycles. The highest BCUT2D eigenvalue weighted by Gasteiger charge is 2.21. The van der Waals surface area contributed by atoms with Crippen molar-refractivity contribution < 1.29 is 14.6 Å². The molecule has 2 N–H and O–H groups in total. The van der Waals surface area contributed by atoms with Crippen LogP contribution in [0.3, 0.4) is 0 Å². The molecule has 0 fully saturated rings. The number of benzene rings is 1. The van der Waals surface area contributed by atoms with Crippen molar-refractivity contribution in [1.29, 1.82) is 0 Å². The van der Waals surface area contributed by atoms with Crippen molar-refractivity contribution in [3.8, 4) is 11.5 Å². The van der Waals surface area contributed by atoms with Gasteiger partial charge in [0.2, 0.25) is 6.79 Å². The maximum atomic E-state index is 9.10. The predicted octanol–water partition coefficient (Wildman–Crippen LogP) is 1.10. The topological polar surface area (TPSA) is 50.7 Å². The molecule has 4 nitrogen and oxygen atoms in total. The number of hydrogen-bond donors (Lipinski definition) is 2. The predicted molar refractivity (Wildman–Crippen MR) is 65.6 cm³/mol. The first-order valence-corrected chi connectivity index (χ1v) is 5.94. The summed E-state index contributed by atoms with van der Waals surface area (Å²) in [5.41, 5.74) is 2.29. The standard InChI is InChI=1S/C13H19NO3/c1-9(14-2)7-11-10(5-6-15)3-4-12-13(11)17-8-16-12/h3-4,9,14-15H,5-8H2,1-2H3. The monoisotopic (exact) mass is 237 g/mol. The highest BCUT2D eigenvalue weighted by molar-refractivity contribution is 5.52. The minimum absolute atomic E-state index is 0.153. The summed E-state index contributed by atoms with van der Waals surface area (Å²) < 4.78 is 10.9. The van der Waals surface area contributed by atoms with Gasteiger partial charge in [0.25, 0.3) is 0 Å². The number of aliphatic hydroxyl groups is 1. The molecule has 17 heavy (non-hydrogen) atoms. The summed E-state index contributed by atoms with van der Waals surface area (Å²) in [6, 6.07) is 4.30. The van der Waals surface area contributed by atoms with Crippen molar-refractivity contribution in [3.63, 3.8) is 0 Å². The van der Waals surface area contributed by atoms with Gasteiger partial charge < -0.3 is 19.9 Å². The Labute approximate surface area is 102 Å². The van der Waals surface area contributed by atoms with E-state index >= 15 is 0 Å². The smallest absolute Gasteiger partial charge is 0.231 e. The summed E-state index contributed by atoms with van der Waals surface area (Å²) in [7, 11) is 1.94. The van der Waals surface area contributed by atoms with Crippen molar-refractivity contribution in [1.82, 2.24) is 5.32 Å². The van der Waals surface area contributed by atoms with Crippen LogP contribution in [0, 0.1) is 0 Å². The lowest BCUT2D eigenvalue weighted by molar-refractivity contribution is 0.173. The van der Waals surface area contributed by atoms with E-state index in [1.807, 2.05) is 19.2 Å². The van der Waals surface area contributed by atoms with Crippen molar-refractivity contribution in [2.75, 3.05) is 20.4 Å². The van der Waals surface area contributed by atoms with Gasteiger partial charge in [0.05, 0.1) is 0 Å². The highest BCUT2D eigenvalue weighted by atomic mass is 16.7. The summed E-state index contributed by atoms with van der Waals surface area (Å²) in [6.07, 6.45) is 1.53. The SMILES string of the molecule is CNC(C)Cc1c(CCO)ccc2c1OCO2. The number of nitrogens with one attached hydrogen (secondary N) is 1. The quantitative estimate of drug-likeness (QED) is 0.805. The second-order valence-corrected chi connectivity index (χ2v) is 4.30. The molecule has 94 valence electrons. The molecule has 0 aliphatic carbocycles. The van der Waals surface area contributed by atoms with Crippen molar-refractivity contribution in [2.24, 2.45) is 0 Å². The maximum absolute atomic E-state index is 9.10. The van der Waals surface area contributed by atoms with Crippen molar-refractivity contribution in [3.05, 3.63) is 23.3 Å². The van der Waals surface area contributed by atoms with Crippen molar-refractivity contribution in [2.45, 2.75) is 25.8 Å². The Hall–Kier alpha value is -1.26. The Bertz CT molecular complexity index is 392. The van der Waals surface area contributed by atoms with E-state index in [9.17, 15) is 0 Å². The molecule has 1 heterocycles. The van der Waals surface area contributed by atoms with Gasteiger partial charge in [0.15, 0.2) is 11.5 Å². The van der Waals surface area contributed by atoms with Gasteiger partial charge in [-0.3, -0.25) is 0 Å². The molecule has 1 aromatic carbocycles. The zero-order valence-corrected chi connectivity index (χ0v) is 10.3. The minimum Gasteiger partial charge on any atom is -0.454 e. The number of rotatable bonds is 5. The third-order valence-corrected chi connectivity index (χ3v) is 3.12. The van der Waals surface area contributed by atoms with Gasteiger partial charge in [-0.1, -0.05) is 6.07 Å². The molecular weight excluding hydrogens is 218 g/mol. The number of likely N-dealkylation sites (N-methyl/N-ethyl adjacent to an activating group) is 1. The summed E-state index contributed by atoms with van der Waals surface area (Å²) in [5, 5.41) is 12.3. The Morgan fingerprint density at radius 3 is 2.94 bits per heavy atom. The van der Waals surface area contributed by atoms with E-state index in [4.69, 9.17) is 14.6 Å². The maximum Gasteiger partial charge on any atom is 0.231 e. The van der Waals surface area contributed by atoms with Gasteiger partial charge in [-0.2, -0.15) is 0 Å². The molecule has 0 spiro atoms. The molecule has 1 aliphatic heterocycles. The van der Waals surface area contributed by atoms with E-state index in [2.05, 4.69) is 12.2 Å². The normalized spacial score (nSPS) is 15.0. The van der Waals surface area contributed by atoms with Gasteiger partial charge in [-0.05, 0) is 38.4 Å². The van der Waals surface area contributed by atoms with Crippen LogP contribution in [0.1, 0.15) is 18.1 Å². The average molecular weight is 237 g/mol. The summed E-state index contributed by atoms with van der Waals surface area (Å²) in [4.78, 5) is 0. The van der Waals surface area contributed by atoms with E-state index in [1.165, 1.54) is 0 Å². The van der Waals surface area contributed by atoms with Crippen LogP contribution < -0.4 is 14.8 Å². The molecule has 1 unspecified atom stereocenters. The third-order valence-electron chi connectivity index (χ3n) is 3.12. The van der Waals surface area contributed by atoms with Crippen LogP contribution in [0.4, 0.5) is 0 Å². The molecule has 0 saturated carbocycles. The van der Waals surface area contributed by atoms with Gasteiger partial charge in [0, 0.05) is 18.2 Å². The van der Waals surface area contributed by atoms with Crippen LogP contribution in [0.25, 0.3) is 0 Å². The summed E-state index contributed by atoms with van der Waals surface area (Å²) in [5.74, 6) is 1.66. The number of ether oxygens (including phenoxy) is 2. The van der Waals surface area contributed by atoms with E-state index in [0.29, 0.717) is 19.3 Å². The highest BCUT2D eigenvalue weighted by Crippen LogP contribution is 2.38. The average Bonchev–Trinajstić information content (AvgIpc) is 2.80. The van der Waals surface area contributed by atoms with Gasteiger partial charge in [0.1, 0.15) is 0 Å². The Morgan fingerprint density at radius 1 is 1.41 bits per heavy atom. The summed E-state index contributed by atoms with van der Waals surface area (Å²) in [6.45, 7) is 2.57. The zero-order chi connectivity index (χ0) is 12.3. The van der Waals surface area contributed by atoms with Crippen LogP contribution in [0.5, 0.6) is 11.5 Å². The molecule has 0 bridgehead atoms. The first-order valence-electron chi connectivity index (χ1n) is 5.94. The number of aliphatic hydroxyl groups excluding tert-OH is 1. The summed E-state index contributed by atoms with van der Waals surface area (Å²) >= 11 is 0. The van der Waals surface area contributed by atoms with Crippen LogP contribution in [0.15, 0.2) is 12.1 Å². The molecule has 1 atom stereocenters. The molecule has 0 radical (unpaired) electrons. The molecular formula is C13H19NO3. The lowest BCUT2D eigenvalue weighted by atomic mass is 9.97. The van der Waals surface area contributed by atoms with E-state index in [1.54, 1.807) is 0 Å². The fourth-order valence-corrected chi connectivity index (χ4v) is 2.06. The second kappa shape index (κ2) is 5.38. The van der Waals surface area contributed by atoms with Gasteiger partial charge >= 0.3 is 0 Å². The van der Waals surface area contributed by atoms with Crippen molar-refractivity contribution >= 4 is 0 Å². The Kier molecular flexibility index (Phi) is 3.86. The molecule has 4 heteroatoms. The second-order valence-electron chi connectivity index (χ2n) is 4.30. The van der Waals surface area contributed by atoms with E-state index in [-0.39, 0.29) is 6.61 Å². The largest absolute Gasteiger partial charge is 0.454 e. The fraction of sp³-hybridized carbons (Fsp3) is 0.538. The van der Waals surface area contributed by atoms with Crippen LogP contribution in [0.2, 0.25) is 0 Å². The number of hydrogen-bond acceptors (Lipinski definition) is 4. The zero-order valence-electron chi connectivity index (χ0n) is 10.3. The van der Waals surface area contributed by atoms with Crippen LogP contribution in [-0.2, 0) is 12.8 Å². The lowest BCUT2D eigenvalue weighted by Gasteiger charge is -2.15. The van der Waals surface area contributed by atoms with Crippen LogP contribution in [-0.4, -0.2) is 31.6 Å². The molecule has 2 rings (SSSR count). The molecule has 0 aromatic heterocycles. The lowest BCUT2D eigenvalue weighted by Crippen LogP contribution is -2.24. The Morgan fingerprint density at radius 2 is 2.24 bits per heavy atom. The molecule has 1 aliphatic rings. The van der Waals surface area contributed by atoms with Crippen LogP contribution >= 0.6 is 0 Å². The molecule has 0 amide bonds. The minimum atomic E-state index is 0.153. The fourth-order valence-electron chi connectivity index (χ4n) is 2.06. The Balaban J connectivity index is 2.33. The number of fused-ring (bicyclic) bond motifs is 1. The van der Waals surface area contributed by atoms with Gasteiger partial charge in [-0.25, -0.2) is 0 Å². The first kappa shape index (κ1) is 12.2. The third kappa shape index (κ3) is 2.53.